The fraction of sp³-hybridized carbons (Fsp3) is 0.167. The Balaban J connectivity index is 1.49. The van der Waals surface area contributed by atoms with Crippen molar-refractivity contribution in [3.05, 3.63) is 65.2 Å². The molecule has 5 heteroatoms. The molecule has 0 aliphatic carbocycles. The molecule has 0 aliphatic rings. The first-order valence-corrected chi connectivity index (χ1v) is 8.18. The van der Waals surface area contributed by atoms with Crippen LogP contribution in [0.25, 0.3) is 10.6 Å². The van der Waals surface area contributed by atoms with Crippen molar-refractivity contribution in [2.24, 2.45) is 0 Å². The van der Waals surface area contributed by atoms with E-state index in [1.165, 1.54) is 0 Å². The molecule has 4 nitrogen and oxygen atoms in total. The minimum absolute atomic E-state index is 0.0106. The number of furan rings is 1. The summed E-state index contributed by atoms with van der Waals surface area (Å²) in [7, 11) is 0. The smallest absolute Gasteiger partial charge is 0.258 e. The first kappa shape index (κ1) is 15.4. The third-order valence-corrected chi connectivity index (χ3v) is 4.22. The molecule has 2 heterocycles. The van der Waals surface area contributed by atoms with Gasteiger partial charge in [-0.15, -0.1) is 11.3 Å². The van der Waals surface area contributed by atoms with E-state index in [4.69, 9.17) is 9.15 Å². The number of amides is 1. The van der Waals surface area contributed by atoms with Gasteiger partial charge in [-0.05, 0) is 42.1 Å². The number of benzene rings is 1. The standard InChI is InChI=1S/C18H17NO3S/c1-13-5-2-3-6-15(13)21-12-18(20)19-11-14-8-9-16(22-14)17-7-4-10-23-17/h2-10H,11-12H2,1H3,(H,19,20). The molecule has 0 spiro atoms. The Morgan fingerprint density at radius 2 is 2.04 bits per heavy atom. The van der Waals surface area contributed by atoms with Gasteiger partial charge in [-0.3, -0.25) is 4.79 Å². The van der Waals surface area contributed by atoms with Gasteiger partial charge in [-0.25, -0.2) is 0 Å². The van der Waals surface area contributed by atoms with Crippen LogP contribution in [0.2, 0.25) is 0 Å². The van der Waals surface area contributed by atoms with Crippen LogP contribution < -0.4 is 10.1 Å². The van der Waals surface area contributed by atoms with Crippen molar-refractivity contribution in [2.75, 3.05) is 6.61 Å². The molecule has 1 N–H and O–H groups in total. The van der Waals surface area contributed by atoms with Gasteiger partial charge in [0.15, 0.2) is 6.61 Å². The van der Waals surface area contributed by atoms with Crippen molar-refractivity contribution in [3.63, 3.8) is 0 Å². The quantitative estimate of drug-likeness (QED) is 0.744. The SMILES string of the molecule is Cc1ccccc1OCC(=O)NCc1ccc(-c2cccs2)o1. The second kappa shape index (κ2) is 7.15. The van der Waals surface area contributed by atoms with Gasteiger partial charge in [0.25, 0.3) is 5.91 Å². The summed E-state index contributed by atoms with van der Waals surface area (Å²) in [5, 5.41) is 4.80. The van der Waals surface area contributed by atoms with Gasteiger partial charge in [-0.1, -0.05) is 24.3 Å². The zero-order chi connectivity index (χ0) is 16.1. The van der Waals surface area contributed by atoms with Gasteiger partial charge in [0.1, 0.15) is 17.3 Å². The van der Waals surface area contributed by atoms with E-state index in [1.54, 1.807) is 11.3 Å². The highest BCUT2D eigenvalue weighted by Gasteiger charge is 2.08. The summed E-state index contributed by atoms with van der Waals surface area (Å²) in [6.07, 6.45) is 0. The lowest BCUT2D eigenvalue weighted by Gasteiger charge is -2.08. The van der Waals surface area contributed by atoms with E-state index in [-0.39, 0.29) is 12.5 Å². The fourth-order valence-electron chi connectivity index (χ4n) is 2.12. The Labute approximate surface area is 138 Å². The third-order valence-electron chi connectivity index (χ3n) is 3.34. The molecule has 3 rings (SSSR count). The van der Waals surface area contributed by atoms with Crippen LogP contribution in [0.1, 0.15) is 11.3 Å². The van der Waals surface area contributed by atoms with E-state index in [0.29, 0.717) is 6.54 Å². The Morgan fingerprint density at radius 1 is 1.17 bits per heavy atom. The zero-order valence-corrected chi connectivity index (χ0v) is 13.6. The van der Waals surface area contributed by atoms with Gasteiger partial charge in [0.2, 0.25) is 0 Å². The Kier molecular flexibility index (Phi) is 4.78. The van der Waals surface area contributed by atoms with Crippen LogP contribution in [-0.2, 0) is 11.3 Å². The van der Waals surface area contributed by atoms with E-state index >= 15 is 0 Å². The number of carbonyl (C=O) groups is 1. The predicted octanol–water partition coefficient (Wildman–Crippen LogP) is 4.01. The molecule has 0 unspecified atom stereocenters. The molecular weight excluding hydrogens is 310 g/mol. The van der Waals surface area contributed by atoms with Crippen LogP contribution in [0.3, 0.4) is 0 Å². The maximum atomic E-state index is 11.9. The lowest BCUT2D eigenvalue weighted by atomic mass is 10.2. The summed E-state index contributed by atoms with van der Waals surface area (Å²) in [6, 6.07) is 15.4. The fourth-order valence-corrected chi connectivity index (χ4v) is 2.81. The summed E-state index contributed by atoms with van der Waals surface area (Å²) in [6.45, 7) is 2.28. The highest BCUT2D eigenvalue weighted by molar-refractivity contribution is 7.13. The summed E-state index contributed by atoms with van der Waals surface area (Å²) in [4.78, 5) is 12.9. The number of para-hydroxylation sites is 1. The molecule has 0 saturated carbocycles. The van der Waals surface area contributed by atoms with E-state index in [9.17, 15) is 4.79 Å². The van der Waals surface area contributed by atoms with Crippen molar-refractivity contribution >= 4 is 17.2 Å². The van der Waals surface area contributed by atoms with Crippen LogP contribution in [0, 0.1) is 6.92 Å². The second-order valence-corrected chi connectivity index (χ2v) is 6.02. The minimum Gasteiger partial charge on any atom is -0.484 e. The molecule has 0 aliphatic heterocycles. The van der Waals surface area contributed by atoms with Gasteiger partial charge < -0.3 is 14.5 Å². The van der Waals surface area contributed by atoms with Gasteiger partial charge in [0, 0.05) is 0 Å². The Bertz CT molecular complexity index is 777. The van der Waals surface area contributed by atoms with Crippen LogP contribution in [-0.4, -0.2) is 12.5 Å². The van der Waals surface area contributed by atoms with Crippen LogP contribution in [0.4, 0.5) is 0 Å². The number of hydrogen-bond donors (Lipinski definition) is 1. The van der Waals surface area contributed by atoms with E-state index < -0.39 is 0 Å². The minimum atomic E-state index is -0.178. The first-order chi connectivity index (χ1) is 11.2. The highest BCUT2D eigenvalue weighted by Crippen LogP contribution is 2.26. The van der Waals surface area contributed by atoms with E-state index in [0.717, 1.165) is 27.7 Å². The van der Waals surface area contributed by atoms with E-state index in [1.807, 2.05) is 60.8 Å². The van der Waals surface area contributed by atoms with Crippen molar-refractivity contribution in [2.45, 2.75) is 13.5 Å². The molecule has 1 amide bonds. The van der Waals surface area contributed by atoms with Crippen molar-refractivity contribution in [1.82, 2.24) is 5.32 Å². The number of aryl methyl sites for hydroxylation is 1. The topological polar surface area (TPSA) is 51.5 Å². The zero-order valence-electron chi connectivity index (χ0n) is 12.7. The lowest BCUT2D eigenvalue weighted by molar-refractivity contribution is -0.123. The number of hydrogen-bond acceptors (Lipinski definition) is 4. The molecule has 0 bridgehead atoms. The average Bonchev–Trinajstić information content (AvgIpc) is 3.23. The normalized spacial score (nSPS) is 10.5. The van der Waals surface area contributed by atoms with Crippen LogP contribution in [0.15, 0.2) is 58.3 Å². The monoisotopic (exact) mass is 327 g/mol. The molecule has 23 heavy (non-hydrogen) atoms. The number of ether oxygens (including phenoxy) is 1. The molecule has 0 atom stereocenters. The predicted molar refractivity (Wildman–Crippen MR) is 90.5 cm³/mol. The lowest BCUT2D eigenvalue weighted by Crippen LogP contribution is -2.28. The Morgan fingerprint density at radius 3 is 2.83 bits per heavy atom. The number of thiophene rings is 1. The van der Waals surface area contributed by atoms with Crippen molar-refractivity contribution in [1.29, 1.82) is 0 Å². The van der Waals surface area contributed by atoms with Gasteiger partial charge >= 0.3 is 0 Å². The summed E-state index contributed by atoms with van der Waals surface area (Å²) < 4.78 is 11.2. The molecule has 1 aromatic carbocycles. The Hall–Kier alpha value is -2.53. The molecule has 0 fully saturated rings. The molecule has 2 aromatic heterocycles. The van der Waals surface area contributed by atoms with Gasteiger partial charge in [-0.2, -0.15) is 0 Å². The second-order valence-electron chi connectivity index (χ2n) is 5.07. The number of carbonyl (C=O) groups excluding carboxylic acids is 1. The number of rotatable bonds is 6. The number of nitrogens with one attached hydrogen (secondary N) is 1. The average molecular weight is 327 g/mol. The van der Waals surface area contributed by atoms with Crippen LogP contribution in [0.5, 0.6) is 5.75 Å². The summed E-state index contributed by atoms with van der Waals surface area (Å²) in [5.41, 5.74) is 1.01. The maximum absolute atomic E-state index is 11.9. The van der Waals surface area contributed by atoms with Gasteiger partial charge in [0.05, 0.1) is 11.4 Å². The summed E-state index contributed by atoms with van der Waals surface area (Å²) >= 11 is 1.62. The first-order valence-electron chi connectivity index (χ1n) is 7.30. The largest absolute Gasteiger partial charge is 0.484 e. The van der Waals surface area contributed by atoms with E-state index in [2.05, 4.69) is 5.32 Å². The molecule has 3 aromatic rings. The molecule has 0 radical (unpaired) electrons. The van der Waals surface area contributed by atoms with Crippen molar-refractivity contribution < 1.29 is 13.9 Å². The third kappa shape index (κ3) is 4.02. The summed E-state index contributed by atoms with van der Waals surface area (Å²) in [5.74, 6) is 2.08. The van der Waals surface area contributed by atoms with Crippen molar-refractivity contribution in [3.8, 4) is 16.4 Å². The molecule has 0 saturated heterocycles. The molecule has 118 valence electrons. The van der Waals surface area contributed by atoms with Crippen LogP contribution >= 0.6 is 11.3 Å². The molecular formula is C18H17NO3S. The highest BCUT2D eigenvalue weighted by atomic mass is 32.1. The maximum Gasteiger partial charge on any atom is 0.258 e.